The minimum Gasteiger partial charge on any atom is -0.508 e. The SMILES string of the molecule is CN1CCN(CCC2CCC(n3nc(-c4cc5cc(O)ccc5[nH]4)c4c(N)ncnc43)CC2)CC1. The highest BCUT2D eigenvalue weighted by Gasteiger charge is 2.28. The lowest BCUT2D eigenvalue weighted by Gasteiger charge is -2.34. The second-order valence-electron chi connectivity index (χ2n) is 10.3. The van der Waals surface area contributed by atoms with Crippen LogP contribution in [-0.2, 0) is 0 Å². The molecule has 1 saturated heterocycles. The van der Waals surface area contributed by atoms with Crippen LogP contribution in [0, 0.1) is 5.92 Å². The maximum atomic E-state index is 9.87. The number of phenols is 1. The highest BCUT2D eigenvalue weighted by molar-refractivity contribution is 6.00. The van der Waals surface area contributed by atoms with Gasteiger partial charge in [-0.25, -0.2) is 14.6 Å². The Balaban J connectivity index is 1.21. The molecule has 0 radical (unpaired) electrons. The van der Waals surface area contributed by atoms with Crippen molar-refractivity contribution in [1.82, 2.24) is 34.5 Å². The molecule has 0 unspecified atom stereocenters. The first-order valence-electron chi connectivity index (χ1n) is 12.8. The number of aromatic nitrogens is 5. The molecule has 4 N–H and O–H groups in total. The Morgan fingerprint density at radius 1 is 1.06 bits per heavy atom. The van der Waals surface area contributed by atoms with Gasteiger partial charge in [-0.05, 0) is 75.9 Å². The number of anilines is 1. The third-order valence-corrected chi connectivity index (χ3v) is 7.99. The number of piperazine rings is 1. The number of nitrogen functional groups attached to an aromatic ring is 1. The van der Waals surface area contributed by atoms with Crippen LogP contribution in [-0.4, -0.2) is 79.4 Å². The summed E-state index contributed by atoms with van der Waals surface area (Å²) < 4.78 is 2.09. The molecule has 1 aliphatic carbocycles. The number of fused-ring (bicyclic) bond motifs is 2. The van der Waals surface area contributed by atoms with Gasteiger partial charge in [0.1, 0.15) is 23.6 Å². The number of phenolic OH excluding ortho intramolecular Hbond substituents is 1. The number of likely N-dealkylation sites (N-methyl/N-ethyl adjacent to an activating group) is 1. The molecule has 3 aromatic heterocycles. The summed E-state index contributed by atoms with van der Waals surface area (Å²) in [6, 6.07) is 7.62. The number of hydrogen-bond donors (Lipinski definition) is 3. The number of H-pyrrole nitrogens is 1. The van der Waals surface area contributed by atoms with Crippen LogP contribution in [0.3, 0.4) is 0 Å². The summed E-state index contributed by atoms with van der Waals surface area (Å²) >= 11 is 0. The molecule has 2 fully saturated rings. The smallest absolute Gasteiger partial charge is 0.164 e. The lowest BCUT2D eigenvalue weighted by Crippen LogP contribution is -2.45. The maximum absolute atomic E-state index is 9.87. The van der Waals surface area contributed by atoms with Gasteiger partial charge >= 0.3 is 0 Å². The van der Waals surface area contributed by atoms with E-state index in [4.69, 9.17) is 10.8 Å². The Morgan fingerprint density at radius 3 is 2.66 bits per heavy atom. The molecule has 1 saturated carbocycles. The second-order valence-corrected chi connectivity index (χ2v) is 10.3. The Hall–Kier alpha value is -3.17. The lowest BCUT2D eigenvalue weighted by molar-refractivity contribution is 0.139. The third kappa shape index (κ3) is 4.34. The zero-order valence-corrected chi connectivity index (χ0v) is 20.3. The first-order valence-corrected chi connectivity index (χ1v) is 12.8. The summed E-state index contributed by atoms with van der Waals surface area (Å²) in [7, 11) is 2.21. The monoisotopic (exact) mass is 474 g/mol. The molecule has 2 aliphatic rings. The van der Waals surface area contributed by atoms with Crippen molar-refractivity contribution in [3.63, 3.8) is 0 Å². The summed E-state index contributed by atoms with van der Waals surface area (Å²) in [4.78, 5) is 17.3. The summed E-state index contributed by atoms with van der Waals surface area (Å²) in [6.07, 6.45) is 7.48. The number of benzene rings is 1. The zero-order chi connectivity index (χ0) is 23.9. The normalized spacial score (nSPS) is 22.3. The van der Waals surface area contributed by atoms with E-state index in [0.717, 1.165) is 52.1 Å². The van der Waals surface area contributed by atoms with Gasteiger partial charge in [0.2, 0.25) is 0 Å². The molecular weight excluding hydrogens is 440 g/mol. The van der Waals surface area contributed by atoms with Crippen LogP contribution >= 0.6 is 0 Å². The molecule has 1 aliphatic heterocycles. The standard InChI is InChI=1S/C26H34N8O/c1-32-10-12-33(13-11-32)9-8-17-2-4-19(5-3-17)34-26-23(25(27)28-16-29-26)24(31-34)22-15-18-14-20(35)6-7-21(18)30-22/h6-7,14-17,19,30,35H,2-5,8-13H2,1H3,(H2,27,28,29). The predicted octanol–water partition coefficient (Wildman–Crippen LogP) is 3.63. The van der Waals surface area contributed by atoms with Crippen molar-refractivity contribution in [1.29, 1.82) is 0 Å². The summed E-state index contributed by atoms with van der Waals surface area (Å²) in [6.45, 7) is 5.98. The second kappa shape index (κ2) is 9.13. The molecule has 35 heavy (non-hydrogen) atoms. The van der Waals surface area contributed by atoms with E-state index < -0.39 is 0 Å². The van der Waals surface area contributed by atoms with E-state index in [9.17, 15) is 5.11 Å². The molecule has 0 bridgehead atoms. The van der Waals surface area contributed by atoms with Crippen LogP contribution in [0.25, 0.3) is 33.3 Å². The number of rotatable bonds is 5. The lowest BCUT2D eigenvalue weighted by atomic mass is 9.84. The van der Waals surface area contributed by atoms with E-state index in [2.05, 4.69) is 36.5 Å². The van der Waals surface area contributed by atoms with Gasteiger partial charge in [-0.2, -0.15) is 5.10 Å². The Morgan fingerprint density at radius 2 is 1.86 bits per heavy atom. The summed E-state index contributed by atoms with van der Waals surface area (Å²) in [5, 5.41) is 16.6. The van der Waals surface area contributed by atoms with Gasteiger partial charge in [0.25, 0.3) is 0 Å². The fraction of sp³-hybridized carbons (Fsp3) is 0.500. The number of aromatic hydroxyl groups is 1. The number of nitrogens with one attached hydrogen (secondary N) is 1. The van der Waals surface area contributed by atoms with E-state index in [1.165, 1.54) is 58.3 Å². The number of aromatic amines is 1. The van der Waals surface area contributed by atoms with E-state index >= 15 is 0 Å². The van der Waals surface area contributed by atoms with Gasteiger partial charge < -0.3 is 25.6 Å². The first kappa shape index (κ1) is 22.3. The number of nitrogens with two attached hydrogens (primary N) is 1. The number of hydrogen-bond acceptors (Lipinski definition) is 7. The molecule has 0 atom stereocenters. The highest BCUT2D eigenvalue weighted by Crippen LogP contribution is 2.38. The fourth-order valence-corrected chi connectivity index (χ4v) is 5.80. The molecule has 4 heterocycles. The van der Waals surface area contributed by atoms with Gasteiger partial charge in [-0.3, -0.25) is 0 Å². The van der Waals surface area contributed by atoms with Crippen molar-refractivity contribution < 1.29 is 5.11 Å². The van der Waals surface area contributed by atoms with Crippen molar-refractivity contribution >= 4 is 27.8 Å². The molecule has 9 nitrogen and oxygen atoms in total. The average Bonchev–Trinajstić information content (AvgIpc) is 3.46. The zero-order valence-electron chi connectivity index (χ0n) is 20.3. The minimum absolute atomic E-state index is 0.241. The first-order chi connectivity index (χ1) is 17.0. The van der Waals surface area contributed by atoms with Gasteiger partial charge in [-0.15, -0.1) is 0 Å². The van der Waals surface area contributed by atoms with Crippen LogP contribution in [0.1, 0.15) is 38.1 Å². The molecule has 6 rings (SSSR count). The largest absolute Gasteiger partial charge is 0.508 e. The van der Waals surface area contributed by atoms with Crippen LogP contribution < -0.4 is 5.73 Å². The summed E-state index contributed by atoms with van der Waals surface area (Å²) in [5.74, 6) is 1.47. The Labute approximate surface area is 204 Å². The van der Waals surface area contributed by atoms with E-state index in [1.807, 2.05) is 12.1 Å². The molecule has 1 aromatic carbocycles. The Bertz CT molecular complexity index is 1330. The summed E-state index contributed by atoms with van der Waals surface area (Å²) in [5.41, 5.74) is 9.70. The van der Waals surface area contributed by atoms with Gasteiger partial charge in [0.15, 0.2) is 5.65 Å². The maximum Gasteiger partial charge on any atom is 0.164 e. The third-order valence-electron chi connectivity index (χ3n) is 7.99. The molecule has 4 aromatic rings. The minimum atomic E-state index is 0.241. The molecule has 0 amide bonds. The molecule has 9 heteroatoms. The topological polar surface area (TPSA) is 112 Å². The van der Waals surface area contributed by atoms with Crippen LogP contribution in [0.5, 0.6) is 5.75 Å². The quantitative estimate of drug-likeness (QED) is 0.405. The average molecular weight is 475 g/mol. The molecular formula is C26H34N8O. The van der Waals surface area contributed by atoms with Crippen molar-refractivity contribution in [2.24, 2.45) is 5.92 Å². The van der Waals surface area contributed by atoms with Gasteiger partial charge in [0, 0.05) is 37.1 Å². The van der Waals surface area contributed by atoms with E-state index in [0.29, 0.717) is 11.9 Å². The Kier molecular flexibility index (Phi) is 5.82. The molecule has 0 spiro atoms. The van der Waals surface area contributed by atoms with Crippen LogP contribution in [0.4, 0.5) is 5.82 Å². The van der Waals surface area contributed by atoms with Crippen LogP contribution in [0.2, 0.25) is 0 Å². The molecule has 184 valence electrons. The van der Waals surface area contributed by atoms with Crippen molar-refractivity contribution in [3.05, 3.63) is 30.6 Å². The van der Waals surface area contributed by atoms with Crippen molar-refractivity contribution in [3.8, 4) is 17.1 Å². The van der Waals surface area contributed by atoms with Crippen molar-refractivity contribution in [2.75, 3.05) is 45.5 Å². The fourth-order valence-electron chi connectivity index (χ4n) is 5.80. The number of nitrogens with zero attached hydrogens (tertiary/aromatic N) is 6. The van der Waals surface area contributed by atoms with Crippen molar-refractivity contribution in [2.45, 2.75) is 38.1 Å². The van der Waals surface area contributed by atoms with Gasteiger partial charge in [0.05, 0.1) is 17.1 Å². The van der Waals surface area contributed by atoms with Gasteiger partial charge in [-0.1, -0.05) is 0 Å². The van der Waals surface area contributed by atoms with E-state index in [-0.39, 0.29) is 5.75 Å². The predicted molar refractivity (Wildman–Crippen MR) is 138 cm³/mol. The highest BCUT2D eigenvalue weighted by atomic mass is 16.3. The van der Waals surface area contributed by atoms with E-state index in [1.54, 1.807) is 12.1 Å². The van der Waals surface area contributed by atoms with Crippen LogP contribution in [0.15, 0.2) is 30.6 Å².